The normalized spacial score (nSPS) is 12.3. The summed E-state index contributed by atoms with van der Waals surface area (Å²) in [6, 6.07) is 10.3. The van der Waals surface area contributed by atoms with E-state index in [9.17, 15) is 26.0 Å². The van der Waals surface area contributed by atoms with E-state index in [4.69, 9.17) is 23.2 Å². The van der Waals surface area contributed by atoms with Gasteiger partial charge in [0.25, 0.3) is 0 Å². The fourth-order valence-electron chi connectivity index (χ4n) is 3.24. The number of rotatable bonds is 4. The highest BCUT2D eigenvalue weighted by atomic mass is 35.5. The van der Waals surface area contributed by atoms with Crippen molar-refractivity contribution < 1.29 is 26.0 Å². The van der Waals surface area contributed by atoms with Crippen LogP contribution in [0.2, 0.25) is 10.0 Å². The molecule has 4 rings (SSSR count). The Hall–Kier alpha value is -2.82. The van der Waals surface area contributed by atoms with Gasteiger partial charge in [0.1, 0.15) is 17.2 Å². The Morgan fingerprint density at radius 3 is 2.27 bits per heavy atom. The fourth-order valence-corrected chi connectivity index (χ4v) is 4.35. The summed E-state index contributed by atoms with van der Waals surface area (Å²) < 4.78 is 78.2. The van der Waals surface area contributed by atoms with Crippen molar-refractivity contribution >= 4 is 49.9 Å². The summed E-state index contributed by atoms with van der Waals surface area (Å²) in [6.07, 6.45) is -3.65. The van der Waals surface area contributed by atoms with E-state index in [1.54, 1.807) is 12.1 Å². The summed E-state index contributed by atoms with van der Waals surface area (Å²) in [5, 5.41) is 0.0709. The molecule has 0 fully saturated rings. The first kappa shape index (κ1) is 23.3. The fraction of sp³-hybridized carbons (Fsp3) is 0.0952. The third-order valence-electron chi connectivity index (χ3n) is 4.69. The van der Waals surface area contributed by atoms with Crippen molar-refractivity contribution in [2.24, 2.45) is 0 Å². The highest BCUT2D eigenvalue weighted by Crippen LogP contribution is 2.37. The molecule has 4 aromatic rings. The molecule has 1 heterocycles. The van der Waals surface area contributed by atoms with Gasteiger partial charge < -0.3 is 4.98 Å². The molecule has 12 heteroatoms. The molecule has 3 aromatic carbocycles. The highest BCUT2D eigenvalue weighted by Gasteiger charge is 2.31. The zero-order chi connectivity index (χ0) is 24.1. The average molecular weight is 518 g/mol. The van der Waals surface area contributed by atoms with Crippen LogP contribution in [0, 0.1) is 5.82 Å². The van der Waals surface area contributed by atoms with Crippen molar-refractivity contribution in [2.75, 3.05) is 11.0 Å². The highest BCUT2D eigenvalue weighted by molar-refractivity contribution is 7.92. The van der Waals surface area contributed by atoms with Gasteiger partial charge in [0.15, 0.2) is 0 Å². The van der Waals surface area contributed by atoms with Crippen LogP contribution < -0.4 is 4.72 Å². The van der Waals surface area contributed by atoms with Crippen LogP contribution in [0.25, 0.3) is 33.5 Å². The number of fused-ring (bicyclic) bond motifs is 1. The molecule has 0 unspecified atom stereocenters. The number of H-pyrrole nitrogens is 1. The van der Waals surface area contributed by atoms with Gasteiger partial charge in [0.05, 0.1) is 28.0 Å². The smallest absolute Gasteiger partial charge is 0.338 e. The number of aromatic nitrogens is 2. The molecule has 5 nitrogen and oxygen atoms in total. The van der Waals surface area contributed by atoms with Gasteiger partial charge in [0, 0.05) is 16.1 Å². The molecule has 0 atom stereocenters. The van der Waals surface area contributed by atoms with Crippen molar-refractivity contribution in [1.29, 1.82) is 0 Å². The summed E-state index contributed by atoms with van der Waals surface area (Å²) >= 11 is 12.4. The summed E-state index contributed by atoms with van der Waals surface area (Å²) in [6.45, 7) is 0. The lowest BCUT2D eigenvalue weighted by Gasteiger charge is -2.10. The predicted molar refractivity (Wildman–Crippen MR) is 120 cm³/mol. The Morgan fingerprint density at radius 1 is 0.970 bits per heavy atom. The minimum Gasteiger partial charge on any atom is -0.338 e. The Bertz CT molecular complexity index is 1500. The number of alkyl halides is 3. The Balaban J connectivity index is 1.70. The first-order chi connectivity index (χ1) is 15.3. The molecular formula is C21H13Cl2F4N3O2S. The van der Waals surface area contributed by atoms with Crippen molar-refractivity contribution in [2.45, 2.75) is 6.18 Å². The van der Waals surface area contributed by atoms with E-state index < -0.39 is 27.6 Å². The van der Waals surface area contributed by atoms with E-state index in [1.165, 1.54) is 18.2 Å². The maximum Gasteiger partial charge on any atom is 0.416 e. The molecule has 0 radical (unpaired) electrons. The standard InChI is InChI=1S/C21H13Cl2F4N3O2S/c1-33(31,32)30-17-5-3-10(7-16(17)24)13-4-2-11(6-14(13)22)20-28-18-9-12(21(25,26)27)8-15(23)19(18)29-20/h2-9,30H,1H3,(H,28,29). The second-order valence-corrected chi connectivity index (χ2v) is 9.76. The predicted octanol–water partition coefficient (Wildman–Crippen LogP) is 6.73. The number of hydrogen-bond acceptors (Lipinski definition) is 3. The number of anilines is 1. The number of hydrogen-bond donors (Lipinski definition) is 2. The van der Waals surface area contributed by atoms with Gasteiger partial charge in [-0.15, -0.1) is 0 Å². The minimum atomic E-state index is -4.56. The van der Waals surface area contributed by atoms with E-state index in [1.807, 2.05) is 0 Å². The van der Waals surface area contributed by atoms with Gasteiger partial charge >= 0.3 is 6.18 Å². The molecule has 0 bridgehead atoms. The molecule has 33 heavy (non-hydrogen) atoms. The van der Waals surface area contributed by atoms with Crippen molar-refractivity contribution in [3.63, 3.8) is 0 Å². The van der Waals surface area contributed by atoms with Crippen LogP contribution in [-0.4, -0.2) is 24.6 Å². The molecule has 0 amide bonds. The first-order valence-corrected chi connectivity index (χ1v) is 11.8. The summed E-state index contributed by atoms with van der Waals surface area (Å²) in [7, 11) is -3.65. The van der Waals surface area contributed by atoms with Crippen LogP contribution in [0.3, 0.4) is 0 Å². The van der Waals surface area contributed by atoms with Crippen LogP contribution in [-0.2, 0) is 16.2 Å². The van der Waals surface area contributed by atoms with E-state index in [-0.39, 0.29) is 32.6 Å². The Labute approximate surface area is 195 Å². The molecule has 1 aromatic heterocycles. The third-order valence-corrected chi connectivity index (χ3v) is 5.88. The van der Waals surface area contributed by atoms with E-state index >= 15 is 0 Å². The summed E-state index contributed by atoms with van der Waals surface area (Å²) in [5.74, 6) is -0.538. The molecule has 172 valence electrons. The lowest BCUT2D eigenvalue weighted by molar-refractivity contribution is -0.137. The van der Waals surface area contributed by atoms with Crippen molar-refractivity contribution in [3.05, 3.63) is 70.0 Å². The second kappa shape index (κ2) is 8.19. The average Bonchev–Trinajstić information content (AvgIpc) is 3.13. The molecule has 2 N–H and O–H groups in total. The topological polar surface area (TPSA) is 74.8 Å². The maximum atomic E-state index is 14.3. The molecule has 0 aliphatic heterocycles. The largest absolute Gasteiger partial charge is 0.416 e. The van der Waals surface area contributed by atoms with Gasteiger partial charge in [-0.05, 0) is 35.9 Å². The quantitative estimate of drug-likeness (QED) is 0.294. The van der Waals surface area contributed by atoms with E-state index in [0.717, 1.165) is 24.5 Å². The second-order valence-electron chi connectivity index (χ2n) is 7.20. The van der Waals surface area contributed by atoms with Crippen LogP contribution in [0.5, 0.6) is 0 Å². The van der Waals surface area contributed by atoms with Crippen LogP contribution in [0.15, 0.2) is 48.5 Å². The Kier molecular flexibility index (Phi) is 5.80. The molecular weight excluding hydrogens is 505 g/mol. The number of benzene rings is 3. The molecule has 0 spiro atoms. The number of nitrogens with one attached hydrogen (secondary N) is 2. The number of aromatic amines is 1. The van der Waals surface area contributed by atoms with Gasteiger partial charge in [-0.25, -0.2) is 17.8 Å². The monoisotopic (exact) mass is 517 g/mol. The third kappa shape index (κ3) is 4.92. The molecule has 0 aliphatic carbocycles. The van der Waals surface area contributed by atoms with Gasteiger partial charge in [-0.2, -0.15) is 13.2 Å². The van der Waals surface area contributed by atoms with Crippen LogP contribution in [0.1, 0.15) is 5.56 Å². The Morgan fingerprint density at radius 2 is 1.67 bits per heavy atom. The lowest BCUT2D eigenvalue weighted by Crippen LogP contribution is -2.10. The minimum absolute atomic E-state index is 0.112. The number of nitrogens with zero attached hydrogens (tertiary/aromatic N) is 1. The molecule has 0 saturated carbocycles. The SMILES string of the molecule is CS(=O)(=O)Nc1ccc(-c2ccc(-c3nc4c(Cl)cc(C(F)(F)F)cc4[nH]3)cc2Cl)cc1F. The summed E-state index contributed by atoms with van der Waals surface area (Å²) in [5.41, 5.74) is 0.507. The van der Waals surface area contributed by atoms with Crippen LogP contribution in [0.4, 0.5) is 23.2 Å². The molecule has 0 aliphatic rings. The van der Waals surface area contributed by atoms with Crippen LogP contribution >= 0.6 is 23.2 Å². The zero-order valence-electron chi connectivity index (χ0n) is 16.6. The number of halogens is 6. The lowest BCUT2D eigenvalue weighted by atomic mass is 10.0. The number of sulfonamides is 1. The number of imidazole rings is 1. The first-order valence-electron chi connectivity index (χ1n) is 9.16. The maximum absolute atomic E-state index is 14.3. The van der Waals surface area contributed by atoms with Gasteiger partial charge in [0.2, 0.25) is 10.0 Å². The van der Waals surface area contributed by atoms with Gasteiger partial charge in [-0.1, -0.05) is 41.4 Å². The zero-order valence-corrected chi connectivity index (χ0v) is 18.9. The van der Waals surface area contributed by atoms with Gasteiger partial charge in [-0.3, -0.25) is 4.72 Å². The van der Waals surface area contributed by atoms with E-state index in [2.05, 4.69) is 14.7 Å². The molecule has 0 saturated heterocycles. The van der Waals surface area contributed by atoms with E-state index in [0.29, 0.717) is 16.7 Å². The van der Waals surface area contributed by atoms with Crippen molar-refractivity contribution in [1.82, 2.24) is 9.97 Å². The van der Waals surface area contributed by atoms with Crippen molar-refractivity contribution in [3.8, 4) is 22.5 Å². The summed E-state index contributed by atoms with van der Waals surface area (Å²) in [4.78, 5) is 7.08.